The van der Waals surface area contributed by atoms with Gasteiger partial charge in [-0.2, -0.15) is 0 Å². The first-order chi connectivity index (χ1) is 6.81. The van der Waals surface area contributed by atoms with Crippen LogP contribution in [-0.4, -0.2) is 18.5 Å². The van der Waals surface area contributed by atoms with E-state index < -0.39 is 0 Å². The average Bonchev–Trinajstić information content (AvgIpc) is 2.17. The minimum atomic E-state index is 0.329. The molecule has 0 heterocycles. The van der Waals surface area contributed by atoms with Crippen LogP contribution in [0, 0.1) is 0 Å². The number of unbranched alkanes of at least 4 members (excludes halogenated alkanes) is 4. The van der Waals surface area contributed by atoms with Crippen LogP contribution in [0.25, 0.3) is 0 Å². The summed E-state index contributed by atoms with van der Waals surface area (Å²) in [7, 11) is 0. The second-order valence-electron chi connectivity index (χ2n) is 4.00. The number of nitrogens with one attached hydrogen (secondary N) is 1. The van der Waals surface area contributed by atoms with Gasteiger partial charge < -0.3 is 5.32 Å². The van der Waals surface area contributed by atoms with E-state index in [0.717, 1.165) is 19.5 Å². The van der Waals surface area contributed by atoms with Crippen LogP contribution < -0.4 is 5.32 Å². The standard InChI is InChI=1S/C12H26ClN/c1-3-5-6-7-8-10-14-11-12(13)9-4-2/h12,14H,3-11H2,1-2H3. The molecule has 0 saturated heterocycles. The molecule has 1 unspecified atom stereocenters. The van der Waals surface area contributed by atoms with Crippen LogP contribution in [0.15, 0.2) is 0 Å². The average molecular weight is 220 g/mol. The number of alkyl halides is 1. The summed E-state index contributed by atoms with van der Waals surface area (Å²) < 4.78 is 0. The monoisotopic (exact) mass is 219 g/mol. The zero-order valence-electron chi connectivity index (χ0n) is 9.82. The zero-order valence-corrected chi connectivity index (χ0v) is 10.6. The molecule has 1 N–H and O–H groups in total. The number of halogens is 1. The van der Waals surface area contributed by atoms with Gasteiger partial charge in [0.25, 0.3) is 0 Å². The van der Waals surface area contributed by atoms with E-state index in [2.05, 4.69) is 19.2 Å². The second-order valence-corrected chi connectivity index (χ2v) is 4.62. The summed E-state index contributed by atoms with van der Waals surface area (Å²) in [6, 6.07) is 0. The van der Waals surface area contributed by atoms with E-state index in [0.29, 0.717) is 5.38 Å². The second kappa shape index (κ2) is 11.3. The summed E-state index contributed by atoms with van der Waals surface area (Å²) in [6.45, 7) is 6.54. The minimum Gasteiger partial charge on any atom is -0.315 e. The Morgan fingerprint density at radius 3 is 2.36 bits per heavy atom. The van der Waals surface area contributed by atoms with Crippen molar-refractivity contribution in [2.75, 3.05) is 13.1 Å². The molecular weight excluding hydrogens is 194 g/mol. The molecule has 0 radical (unpaired) electrons. The summed E-state index contributed by atoms with van der Waals surface area (Å²) in [6.07, 6.45) is 9.08. The third-order valence-corrected chi connectivity index (χ3v) is 2.80. The molecule has 0 aromatic rings. The maximum atomic E-state index is 6.08. The maximum absolute atomic E-state index is 6.08. The molecule has 0 aliphatic rings. The third-order valence-electron chi connectivity index (χ3n) is 2.42. The van der Waals surface area contributed by atoms with Crippen molar-refractivity contribution in [3.63, 3.8) is 0 Å². The van der Waals surface area contributed by atoms with Gasteiger partial charge in [-0.1, -0.05) is 46.0 Å². The van der Waals surface area contributed by atoms with Crippen molar-refractivity contribution in [3.05, 3.63) is 0 Å². The van der Waals surface area contributed by atoms with Crippen LogP contribution >= 0.6 is 11.6 Å². The molecule has 0 aromatic heterocycles. The zero-order chi connectivity index (χ0) is 10.6. The molecule has 0 rings (SSSR count). The first-order valence-corrected chi connectivity index (χ1v) is 6.59. The number of hydrogen-bond acceptors (Lipinski definition) is 1. The largest absolute Gasteiger partial charge is 0.315 e. The lowest BCUT2D eigenvalue weighted by Gasteiger charge is -2.09. The predicted molar refractivity (Wildman–Crippen MR) is 66.2 cm³/mol. The molecule has 0 aliphatic carbocycles. The molecule has 1 nitrogen and oxygen atoms in total. The van der Waals surface area contributed by atoms with Crippen molar-refractivity contribution < 1.29 is 0 Å². The molecule has 0 fully saturated rings. The van der Waals surface area contributed by atoms with Crippen LogP contribution in [-0.2, 0) is 0 Å². The van der Waals surface area contributed by atoms with Crippen molar-refractivity contribution in [3.8, 4) is 0 Å². The van der Waals surface area contributed by atoms with Crippen molar-refractivity contribution in [2.45, 2.75) is 64.2 Å². The van der Waals surface area contributed by atoms with Crippen LogP contribution in [0.3, 0.4) is 0 Å². The fourth-order valence-corrected chi connectivity index (χ4v) is 1.85. The summed E-state index contributed by atoms with van der Waals surface area (Å²) >= 11 is 6.08. The summed E-state index contributed by atoms with van der Waals surface area (Å²) in [5.41, 5.74) is 0. The van der Waals surface area contributed by atoms with Crippen molar-refractivity contribution in [1.82, 2.24) is 5.32 Å². The van der Waals surface area contributed by atoms with Gasteiger partial charge in [-0.25, -0.2) is 0 Å². The van der Waals surface area contributed by atoms with Gasteiger partial charge in [-0.15, -0.1) is 11.6 Å². The van der Waals surface area contributed by atoms with Crippen LogP contribution in [0.4, 0.5) is 0 Å². The molecule has 0 spiro atoms. The van der Waals surface area contributed by atoms with E-state index in [4.69, 9.17) is 11.6 Å². The molecule has 1 atom stereocenters. The predicted octanol–water partition coefficient (Wildman–Crippen LogP) is 3.95. The first-order valence-electron chi connectivity index (χ1n) is 6.16. The lowest BCUT2D eigenvalue weighted by Crippen LogP contribution is -2.24. The van der Waals surface area contributed by atoms with E-state index in [1.807, 2.05) is 0 Å². The highest BCUT2D eigenvalue weighted by molar-refractivity contribution is 6.20. The Bertz CT molecular complexity index is 106. The van der Waals surface area contributed by atoms with E-state index in [9.17, 15) is 0 Å². The Balaban J connectivity index is 2.98. The lowest BCUT2D eigenvalue weighted by atomic mass is 10.1. The van der Waals surface area contributed by atoms with E-state index in [1.165, 1.54) is 38.5 Å². The molecule has 0 saturated carbocycles. The number of hydrogen-bond donors (Lipinski definition) is 1. The van der Waals surface area contributed by atoms with E-state index >= 15 is 0 Å². The Hall–Kier alpha value is 0.250. The van der Waals surface area contributed by atoms with Gasteiger partial charge in [0.2, 0.25) is 0 Å². The summed E-state index contributed by atoms with van der Waals surface area (Å²) in [4.78, 5) is 0. The lowest BCUT2D eigenvalue weighted by molar-refractivity contribution is 0.567. The van der Waals surface area contributed by atoms with Crippen molar-refractivity contribution in [1.29, 1.82) is 0 Å². The van der Waals surface area contributed by atoms with Crippen molar-refractivity contribution >= 4 is 11.6 Å². The number of rotatable bonds is 10. The highest BCUT2D eigenvalue weighted by Gasteiger charge is 2.00. The Morgan fingerprint density at radius 2 is 1.71 bits per heavy atom. The van der Waals surface area contributed by atoms with E-state index in [-0.39, 0.29) is 0 Å². The van der Waals surface area contributed by atoms with Crippen LogP contribution in [0.5, 0.6) is 0 Å². The van der Waals surface area contributed by atoms with Gasteiger partial charge in [0.15, 0.2) is 0 Å². The maximum Gasteiger partial charge on any atom is 0.0460 e. The molecule has 0 bridgehead atoms. The third kappa shape index (κ3) is 10.3. The van der Waals surface area contributed by atoms with E-state index in [1.54, 1.807) is 0 Å². The summed E-state index contributed by atoms with van der Waals surface area (Å²) in [5.74, 6) is 0. The molecule has 86 valence electrons. The van der Waals surface area contributed by atoms with Crippen LogP contribution in [0.1, 0.15) is 58.8 Å². The Morgan fingerprint density at radius 1 is 1.00 bits per heavy atom. The smallest absolute Gasteiger partial charge is 0.0460 e. The molecular formula is C12H26ClN. The molecule has 14 heavy (non-hydrogen) atoms. The van der Waals surface area contributed by atoms with Gasteiger partial charge in [-0.3, -0.25) is 0 Å². The fourth-order valence-electron chi connectivity index (χ4n) is 1.53. The summed E-state index contributed by atoms with van der Waals surface area (Å²) in [5, 5.41) is 3.74. The molecule has 0 aromatic carbocycles. The quantitative estimate of drug-likeness (QED) is 0.433. The SMILES string of the molecule is CCCCCCCNCC(Cl)CCC. The molecule has 0 amide bonds. The topological polar surface area (TPSA) is 12.0 Å². The fraction of sp³-hybridized carbons (Fsp3) is 1.00. The van der Waals surface area contributed by atoms with Gasteiger partial charge >= 0.3 is 0 Å². The highest BCUT2D eigenvalue weighted by Crippen LogP contribution is 2.04. The normalized spacial score (nSPS) is 13.1. The first kappa shape index (κ1) is 14.2. The van der Waals surface area contributed by atoms with Gasteiger partial charge in [0, 0.05) is 11.9 Å². The Labute approximate surface area is 94.6 Å². The molecule has 0 aliphatic heterocycles. The van der Waals surface area contributed by atoms with Crippen LogP contribution in [0.2, 0.25) is 0 Å². The van der Waals surface area contributed by atoms with Crippen molar-refractivity contribution in [2.24, 2.45) is 0 Å². The molecule has 2 heteroatoms. The van der Waals surface area contributed by atoms with Gasteiger partial charge in [0.1, 0.15) is 0 Å². The van der Waals surface area contributed by atoms with Gasteiger partial charge in [0.05, 0.1) is 0 Å². The highest BCUT2D eigenvalue weighted by atomic mass is 35.5. The Kier molecular flexibility index (Phi) is 11.5. The minimum absolute atomic E-state index is 0.329. The van der Waals surface area contributed by atoms with Gasteiger partial charge in [-0.05, 0) is 19.4 Å².